The number of unbranched alkanes of at least 4 members (excludes halogenated alkanes) is 1. The molecule has 506 valence electrons. The first kappa shape index (κ1) is 79.8. The van der Waals surface area contributed by atoms with Gasteiger partial charge in [-0.15, -0.1) is 0 Å². The van der Waals surface area contributed by atoms with Gasteiger partial charge in [0.1, 0.15) is 54.4 Å². The molecule has 90 heavy (non-hydrogen) atoms. The molecule has 0 radical (unpaired) electrons. The van der Waals surface area contributed by atoms with Crippen LogP contribution in [0.25, 0.3) is 0 Å². The molecule has 33 heteroatoms. The zero-order valence-corrected chi connectivity index (χ0v) is 52.9. The van der Waals surface area contributed by atoms with Crippen molar-refractivity contribution in [1.29, 1.82) is 0 Å². The first-order valence-electron chi connectivity index (χ1n) is 29.8. The van der Waals surface area contributed by atoms with E-state index < -0.39 is 176 Å². The Hall–Kier alpha value is -8.17. The van der Waals surface area contributed by atoms with Crippen molar-refractivity contribution < 1.29 is 77.6 Å². The van der Waals surface area contributed by atoms with Gasteiger partial charge in [0.05, 0.1) is 19.2 Å². The molecule has 0 heterocycles. The Kier molecular flexibility index (Phi) is 37.9. The molecule has 32 nitrogen and oxygen atoms in total. The third-order valence-corrected chi connectivity index (χ3v) is 13.8. The number of hydrogen-bond acceptors (Lipinski definition) is 18. The Bertz CT molecular complexity index is 2580. The van der Waals surface area contributed by atoms with Gasteiger partial charge in [-0.1, -0.05) is 71.9 Å². The molecule has 0 aliphatic rings. The second-order valence-electron chi connectivity index (χ2n) is 22.9. The zero-order chi connectivity index (χ0) is 68.2. The van der Waals surface area contributed by atoms with Crippen molar-refractivity contribution in [2.24, 2.45) is 51.4 Å². The average Bonchev–Trinajstić information content (AvgIpc) is 2.56. The normalized spacial score (nSPS) is 14.5. The van der Waals surface area contributed by atoms with Crippen molar-refractivity contribution in [3.63, 3.8) is 0 Å². The molecule has 0 unspecified atom stereocenters. The van der Waals surface area contributed by atoms with E-state index in [1.54, 1.807) is 58.0 Å². The second-order valence-corrected chi connectivity index (χ2v) is 23.3. The number of aliphatic hydroxyl groups is 1. The molecule has 0 saturated heterocycles. The van der Waals surface area contributed by atoms with Crippen LogP contribution in [0.15, 0.2) is 35.3 Å². The van der Waals surface area contributed by atoms with Gasteiger partial charge >= 0.3 is 11.9 Å². The Morgan fingerprint density at radius 1 is 0.500 bits per heavy atom. The predicted molar refractivity (Wildman–Crippen MR) is 334 cm³/mol. The van der Waals surface area contributed by atoms with Crippen LogP contribution in [0.4, 0.5) is 0 Å². The van der Waals surface area contributed by atoms with Gasteiger partial charge in [-0.25, -0.2) is 4.79 Å². The van der Waals surface area contributed by atoms with E-state index in [0.717, 1.165) is 0 Å². The number of primary amides is 1. The number of carboxylic acids is 2. The van der Waals surface area contributed by atoms with Gasteiger partial charge in [-0.05, 0) is 94.1 Å². The number of aliphatic hydroxyl groups excluding tert-OH is 1. The van der Waals surface area contributed by atoms with Crippen molar-refractivity contribution in [3.8, 4) is 0 Å². The molecule has 0 aliphatic carbocycles. The standard InChI is InChI=1S/C57H96N16O16S/c1-30(2)23-34(59)47(79)66-36(16-12-22-63-57(61)62)50(82)69-38(18-20-46(77)78)51(83)72-42(28-74)55(87)70-40(25-32(5)6)54(86)67-35(15-10-11-21-58)49(81)68-37(17-19-44(60)75)52(84)73-43(29-90)48(80)64-27-45(76)65-39(24-31(3)4)53(85)71-41(56(88)89)26-33-13-8-7-9-14-33/h7-9,13-14,30-32,34-43,74,90H,10-12,15-29,58-59H2,1-6H3,(H2,60,75)(H,64,80)(H,65,76)(H,66,79)(H,67,86)(H,68,81)(H,69,82)(H,70,87)(H,71,85)(H,72,83)(H,73,84)(H,77,78)(H,88,89)(H4,61,62,63)/t34-,35-,36-,37-,38-,39-,40-,41-,42-,43-/m0/s1. The molecule has 10 atom stereocenters. The minimum atomic E-state index is -1.83. The van der Waals surface area contributed by atoms with Crippen LogP contribution >= 0.6 is 12.6 Å². The van der Waals surface area contributed by atoms with Crippen molar-refractivity contribution >= 4 is 95.5 Å². The summed E-state index contributed by atoms with van der Waals surface area (Å²) in [4.78, 5) is 177. The van der Waals surface area contributed by atoms with Gasteiger partial charge in [-0.3, -0.25) is 62.5 Å². The summed E-state index contributed by atoms with van der Waals surface area (Å²) in [6, 6.07) is -5.83. The quantitative estimate of drug-likeness (QED) is 0.0127. The lowest BCUT2D eigenvalue weighted by atomic mass is 10.0. The van der Waals surface area contributed by atoms with E-state index in [0.29, 0.717) is 12.0 Å². The third-order valence-electron chi connectivity index (χ3n) is 13.5. The number of benzene rings is 1. The Labute approximate surface area is 529 Å². The van der Waals surface area contributed by atoms with Gasteiger partial charge in [0.2, 0.25) is 65.0 Å². The molecule has 0 fully saturated rings. The lowest BCUT2D eigenvalue weighted by Crippen LogP contribution is -2.61. The van der Waals surface area contributed by atoms with Crippen LogP contribution < -0.4 is 81.8 Å². The molecule has 1 aromatic carbocycles. The first-order valence-corrected chi connectivity index (χ1v) is 30.4. The maximum atomic E-state index is 14.2. The summed E-state index contributed by atoms with van der Waals surface area (Å²) in [7, 11) is 0. The molecule has 23 N–H and O–H groups in total. The van der Waals surface area contributed by atoms with Crippen molar-refractivity contribution in [3.05, 3.63) is 35.9 Å². The number of aliphatic carboxylic acids is 2. The molecule has 0 spiro atoms. The van der Waals surface area contributed by atoms with Crippen molar-refractivity contribution in [2.45, 2.75) is 185 Å². The van der Waals surface area contributed by atoms with Crippen LogP contribution in [0, 0.1) is 17.8 Å². The maximum absolute atomic E-state index is 14.2. The number of hydrogen-bond donors (Lipinski definition) is 19. The summed E-state index contributed by atoms with van der Waals surface area (Å²) < 4.78 is 0. The van der Waals surface area contributed by atoms with E-state index in [1.165, 1.54) is 0 Å². The number of nitrogens with one attached hydrogen (secondary N) is 10. The number of thiol groups is 1. The minimum absolute atomic E-state index is 0.00642. The van der Waals surface area contributed by atoms with Crippen LogP contribution in [0.1, 0.15) is 124 Å². The van der Waals surface area contributed by atoms with Crippen molar-refractivity contribution in [2.75, 3.05) is 32.0 Å². The van der Waals surface area contributed by atoms with Gasteiger partial charge in [0.25, 0.3) is 0 Å². The van der Waals surface area contributed by atoms with E-state index in [9.17, 15) is 77.6 Å². The van der Waals surface area contributed by atoms with Gasteiger partial charge in [0, 0.05) is 31.6 Å². The summed E-state index contributed by atoms with van der Waals surface area (Å²) in [6.07, 6.45) is -1.28. The number of guanidine groups is 1. The number of nitrogens with two attached hydrogens (primary N) is 5. The third kappa shape index (κ3) is 32.9. The highest BCUT2D eigenvalue weighted by Gasteiger charge is 2.36. The summed E-state index contributed by atoms with van der Waals surface area (Å²) in [5.74, 6) is -14.0. The Balaban J connectivity index is 3.37. The molecular formula is C57H96N16O16S. The first-order chi connectivity index (χ1) is 42.3. The number of carbonyl (C=O) groups is 13. The molecular weight excluding hydrogens is 1200 g/mol. The zero-order valence-electron chi connectivity index (χ0n) is 52.1. The lowest BCUT2D eigenvalue weighted by Gasteiger charge is -2.28. The monoisotopic (exact) mass is 1290 g/mol. The Morgan fingerprint density at radius 3 is 1.38 bits per heavy atom. The van der Waals surface area contributed by atoms with E-state index in [-0.39, 0.29) is 93.9 Å². The van der Waals surface area contributed by atoms with Crippen molar-refractivity contribution in [1.82, 2.24) is 53.2 Å². The number of aliphatic imine (C=N–C) groups is 1. The van der Waals surface area contributed by atoms with Crippen LogP contribution in [0.5, 0.6) is 0 Å². The number of carbonyl (C=O) groups excluding carboxylic acids is 11. The van der Waals surface area contributed by atoms with Crippen LogP contribution in [0.2, 0.25) is 0 Å². The fourth-order valence-electron chi connectivity index (χ4n) is 8.81. The van der Waals surface area contributed by atoms with Gasteiger partial charge in [0.15, 0.2) is 5.96 Å². The molecule has 1 rings (SSSR count). The Morgan fingerprint density at radius 2 is 0.922 bits per heavy atom. The van der Waals surface area contributed by atoms with E-state index in [2.05, 4.69) is 70.8 Å². The summed E-state index contributed by atoms with van der Waals surface area (Å²) >= 11 is 4.18. The van der Waals surface area contributed by atoms with Gasteiger partial charge in [-0.2, -0.15) is 12.6 Å². The highest BCUT2D eigenvalue weighted by atomic mass is 32.1. The molecule has 0 aromatic heterocycles. The molecule has 11 amide bonds. The highest BCUT2D eigenvalue weighted by Crippen LogP contribution is 2.13. The van der Waals surface area contributed by atoms with E-state index in [1.807, 2.05) is 13.8 Å². The smallest absolute Gasteiger partial charge is 0.326 e. The number of amides is 11. The summed E-state index contributed by atoms with van der Waals surface area (Å²) in [5.41, 5.74) is 28.7. The van der Waals surface area contributed by atoms with E-state index in [4.69, 9.17) is 28.7 Å². The largest absolute Gasteiger partial charge is 0.481 e. The van der Waals surface area contributed by atoms with Crippen LogP contribution in [-0.2, 0) is 68.7 Å². The minimum Gasteiger partial charge on any atom is -0.481 e. The average molecular weight is 1290 g/mol. The lowest BCUT2D eigenvalue weighted by molar-refractivity contribution is -0.142. The number of nitrogens with zero attached hydrogens (tertiary/aromatic N) is 1. The fraction of sp³-hybridized carbons (Fsp3) is 0.649. The molecule has 0 saturated carbocycles. The maximum Gasteiger partial charge on any atom is 0.326 e. The van der Waals surface area contributed by atoms with E-state index >= 15 is 0 Å². The van der Waals surface area contributed by atoms with Gasteiger partial charge < -0.3 is 97.2 Å². The fourth-order valence-corrected chi connectivity index (χ4v) is 9.06. The summed E-state index contributed by atoms with van der Waals surface area (Å²) in [5, 5.41) is 54.3. The molecule has 1 aromatic rings. The SMILES string of the molecule is CC(C)C[C@H](NC(=O)CNC(=O)[C@H](CS)NC(=O)[C@H](CCC(N)=O)NC(=O)[C@H](CCCCN)NC(=O)[C@H](CC(C)C)NC(=O)[C@H](CO)NC(=O)[C@H](CCC(=O)O)NC(=O)[C@H](CCCN=C(N)N)NC(=O)[C@@H](N)CC(C)C)C(=O)N[C@@H](Cc1ccccc1)C(=O)O. The number of rotatable bonds is 45. The number of carboxylic acid groups (broad SMARTS) is 2. The molecule has 0 aliphatic heterocycles. The van der Waals surface area contributed by atoms with Crippen LogP contribution in [0.3, 0.4) is 0 Å². The highest BCUT2D eigenvalue weighted by molar-refractivity contribution is 7.80. The van der Waals surface area contributed by atoms with Crippen LogP contribution in [-0.4, -0.2) is 191 Å². The molecule has 0 bridgehead atoms. The summed E-state index contributed by atoms with van der Waals surface area (Å²) in [6.45, 7) is 9.02. The predicted octanol–water partition coefficient (Wildman–Crippen LogP) is -4.51. The second kappa shape index (κ2) is 42.7. The topological polar surface area (TPSA) is 545 Å².